The maximum absolute atomic E-state index is 13.9. The Hall–Kier alpha value is -3.86. The molecule has 3 aromatic rings. The number of hydrogen-bond donors (Lipinski definition) is 4. The maximum Gasteiger partial charge on any atom is 0.258 e. The third kappa shape index (κ3) is 7.09. The Balaban J connectivity index is 1.31. The third-order valence-corrected chi connectivity index (χ3v) is 9.62. The summed E-state index contributed by atoms with van der Waals surface area (Å²) in [6.07, 6.45) is -1.78. The minimum atomic E-state index is -1.62. The van der Waals surface area contributed by atoms with E-state index < -0.39 is 52.8 Å². The summed E-state index contributed by atoms with van der Waals surface area (Å²) in [4.78, 5) is 42.1. The predicted octanol–water partition coefficient (Wildman–Crippen LogP) is 2.92. The zero-order chi connectivity index (χ0) is 31.4. The number of ether oxygens (including phenoxy) is 1. The molecule has 1 fully saturated rings. The van der Waals surface area contributed by atoms with Crippen molar-refractivity contribution in [2.45, 2.75) is 68.7 Å². The van der Waals surface area contributed by atoms with Gasteiger partial charge in [-0.25, -0.2) is 0 Å². The van der Waals surface area contributed by atoms with Crippen LogP contribution in [0, 0.1) is 6.92 Å². The van der Waals surface area contributed by atoms with Crippen LogP contribution < -0.4 is 15.4 Å². The lowest BCUT2D eigenvalue weighted by atomic mass is 9.96. The first-order valence-electron chi connectivity index (χ1n) is 14.7. The second-order valence-electron chi connectivity index (χ2n) is 12.0. The molecule has 0 radical (unpaired) electrons. The Kier molecular flexibility index (Phi) is 9.62. The van der Waals surface area contributed by atoms with Gasteiger partial charge in [-0.1, -0.05) is 72.3 Å². The van der Waals surface area contributed by atoms with Gasteiger partial charge in [0.25, 0.3) is 11.8 Å². The van der Waals surface area contributed by atoms with E-state index in [0.717, 1.165) is 22.3 Å². The van der Waals surface area contributed by atoms with E-state index in [0.29, 0.717) is 12.2 Å². The number of aryl methyl sites for hydroxylation is 1. The summed E-state index contributed by atoms with van der Waals surface area (Å²) >= 11 is 1.43. The lowest BCUT2D eigenvalue weighted by molar-refractivity contribution is -0.148. The molecule has 0 saturated carbocycles. The van der Waals surface area contributed by atoms with Crippen molar-refractivity contribution in [2.24, 2.45) is 0 Å². The fourth-order valence-corrected chi connectivity index (χ4v) is 7.02. The molecule has 1 heterocycles. The number of amides is 3. The number of aliphatic hydroxyl groups excluding tert-OH is 2. The minimum Gasteiger partial charge on any atom is -0.484 e. The number of thioether (sulfide) groups is 1. The van der Waals surface area contributed by atoms with Crippen LogP contribution in [0.25, 0.3) is 0 Å². The number of hydrogen-bond acceptors (Lipinski definition) is 7. The number of rotatable bonds is 10. The number of carbonyl (C=O) groups is 3. The van der Waals surface area contributed by atoms with Crippen molar-refractivity contribution in [1.82, 2.24) is 15.5 Å². The molecule has 1 aliphatic carbocycles. The monoisotopic (exact) mass is 617 g/mol. The zero-order valence-electron chi connectivity index (χ0n) is 25.1. The van der Waals surface area contributed by atoms with Gasteiger partial charge in [0.15, 0.2) is 12.7 Å². The number of nitrogens with one attached hydrogen (secondary N) is 2. The molecule has 0 bridgehead atoms. The van der Waals surface area contributed by atoms with Crippen molar-refractivity contribution in [2.75, 3.05) is 12.5 Å². The quantitative estimate of drug-likeness (QED) is 0.276. The van der Waals surface area contributed by atoms with Crippen molar-refractivity contribution >= 4 is 29.5 Å². The molecule has 2 aliphatic rings. The summed E-state index contributed by atoms with van der Waals surface area (Å²) in [5.41, 5.74) is 3.71. The Morgan fingerprint density at radius 3 is 2.43 bits per heavy atom. The summed E-state index contributed by atoms with van der Waals surface area (Å²) < 4.78 is 4.96. The number of nitrogens with zero attached hydrogens (tertiary/aromatic N) is 1. The van der Waals surface area contributed by atoms with Crippen LogP contribution in [-0.4, -0.2) is 74.4 Å². The number of fused-ring (bicyclic) bond motifs is 1. The summed E-state index contributed by atoms with van der Waals surface area (Å²) in [5.74, 6) is -0.833. The molecule has 10 heteroatoms. The van der Waals surface area contributed by atoms with E-state index in [1.807, 2.05) is 87.5 Å². The van der Waals surface area contributed by atoms with E-state index >= 15 is 0 Å². The molecule has 3 aromatic carbocycles. The van der Waals surface area contributed by atoms with Crippen LogP contribution in [0.4, 0.5) is 0 Å². The molecule has 44 heavy (non-hydrogen) atoms. The first-order chi connectivity index (χ1) is 21.0. The molecular weight excluding hydrogens is 578 g/mol. The number of benzene rings is 3. The van der Waals surface area contributed by atoms with Gasteiger partial charge < -0.3 is 30.5 Å². The molecule has 0 aromatic heterocycles. The van der Waals surface area contributed by atoms with Gasteiger partial charge in [0, 0.05) is 11.2 Å². The van der Waals surface area contributed by atoms with Crippen LogP contribution in [0.1, 0.15) is 42.1 Å². The second kappa shape index (κ2) is 13.4. The molecule has 1 aliphatic heterocycles. The van der Waals surface area contributed by atoms with Gasteiger partial charge in [0.1, 0.15) is 11.8 Å². The lowest BCUT2D eigenvalue weighted by Gasteiger charge is -2.34. The Labute approximate surface area is 262 Å². The Morgan fingerprint density at radius 2 is 1.70 bits per heavy atom. The average Bonchev–Trinajstić information content (AvgIpc) is 3.50. The van der Waals surface area contributed by atoms with Gasteiger partial charge in [0.2, 0.25) is 5.91 Å². The van der Waals surface area contributed by atoms with E-state index in [1.165, 1.54) is 16.7 Å². The van der Waals surface area contributed by atoms with Crippen molar-refractivity contribution in [3.63, 3.8) is 0 Å². The van der Waals surface area contributed by atoms with Gasteiger partial charge in [-0.2, -0.15) is 0 Å². The maximum atomic E-state index is 13.9. The summed E-state index contributed by atoms with van der Waals surface area (Å²) in [6, 6.07) is 21.7. The number of aliphatic hydroxyl groups is 2. The van der Waals surface area contributed by atoms with Gasteiger partial charge in [-0.15, -0.1) is 11.8 Å². The Morgan fingerprint density at radius 1 is 1.02 bits per heavy atom. The van der Waals surface area contributed by atoms with Gasteiger partial charge in [0.05, 0.1) is 24.1 Å². The van der Waals surface area contributed by atoms with E-state index in [4.69, 9.17) is 4.74 Å². The van der Waals surface area contributed by atoms with Gasteiger partial charge >= 0.3 is 0 Å². The van der Waals surface area contributed by atoms with E-state index in [9.17, 15) is 24.6 Å². The molecule has 5 atom stereocenters. The van der Waals surface area contributed by atoms with Crippen molar-refractivity contribution < 1.29 is 29.3 Å². The highest BCUT2D eigenvalue weighted by molar-refractivity contribution is 8.00. The summed E-state index contributed by atoms with van der Waals surface area (Å²) in [5, 5.41) is 28.0. The first kappa shape index (κ1) is 31.6. The second-order valence-corrected chi connectivity index (χ2v) is 13.6. The highest BCUT2D eigenvalue weighted by Gasteiger charge is 2.50. The molecule has 0 spiro atoms. The van der Waals surface area contributed by atoms with Crippen molar-refractivity contribution in [1.29, 1.82) is 0 Å². The van der Waals surface area contributed by atoms with E-state index in [1.54, 1.807) is 12.1 Å². The standard InChI is InChI=1S/C34H39N3O6S/c1-21-13-15-24(16-14-21)43-19-28(39)35-26(17-22-9-5-4-6-10-22)30(40)33(42)37-20-44-34(2,3)31(37)32(41)36-29-25-12-8-7-11-23(25)18-27(29)38/h4-16,26-27,29-31,38,40H,17-20H2,1-3H3,(H,35,39)(H,36,41)/t26-,27+,29-,30-,31+/m0/s1. The average molecular weight is 618 g/mol. The topological polar surface area (TPSA) is 128 Å². The van der Waals surface area contributed by atoms with Crippen LogP contribution in [-0.2, 0) is 27.2 Å². The SMILES string of the molecule is Cc1ccc(OCC(=O)N[C@@H](Cc2ccccc2)[C@H](O)C(=O)N2CSC(C)(C)[C@H]2C(=O)N[C@H]2c3ccccc3C[C@H]2O)cc1. The first-order valence-corrected chi connectivity index (χ1v) is 15.7. The van der Waals surface area contributed by atoms with Crippen LogP contribution in [0.15, 0.2) is 78.9 Å². The fourth-order valence-electron chi connectivity index (χ4n) is 5.88. The lowest BCUT2D eigenvalue weighted by Crippen LogP contribution is -2.59. The van der Waals surface area contributed by atoms with Crippen molar-refractivity contribution in [3.8, 4) is 5.75 Å². The summed E-state index contributed by atoms with van der Waals surface area (Å²) in [7, 11) is 0. The molecule has 5 rings (SSSR count). The zero-order valence-corrected chi connectivity index (χ0v) is 25.9. The number of carbonyl (C=O) groups excluding carboxylic acids is 3. The van der Waals surface area contributed by atoms with Crippen LogP contribution >= 0.6 is 11.8 Å². The fraction of sp³-hybridized carbons (Fsp3) is 0.382. The normalized spacial score (nSPS) is 21.7. The molecular formula is C34H39N3O6S. The Bertz CT molecular complexity index is 1480. The van der Waals surface area contributed by atoms with Crippen LogP contribution in [0.2, 0.25) is 0 Å². The molecule has 3 amide bonds. The third-order valence-electron chi connectivity index (χ3n) is 8.25. The molecule has 232 valence electrons. The minimum absolute atomic E-state index is 0.188. The van der Waals surface area contributed by atoms with E-state index in [-0.39, 0.29) is 18.9 Å². The molecule has 4 N–H and O–H groups in total. The van der Waals surface area contributed by atoms with Gasteiger partial charge in [-0.05, 0) is 56.0 Å². The molecule has 1 saturated heterocycles. The predicted molar refractivity (Wildman–Crippen MR) is 169 cm³/mol. The van der Waals surface area contributed by atoms with E-state index in [2.05, 4.69) is 10.6 Å². The van der Waals surface area contributed by atoms with Crippen LogP contribution in [0.5, 0.6) is 5.75 Å². The summed E-state index contributed by atoms with van der Waals surface area (Å²) in [6.45, 7) is 5.42. The highest BCUT2D eigenvalue weighted by Crippen LogP contribution is 2.41. The molecule has 0 unspecified atom stereocenters. The largest absolute Gasteiger partial charge is 0.484 e. The highest BCUT2D eigenvalue weighted by atomic mass is 32.2. The van der Waals surface area contributed by atoms with Crippen LogP contribution in [0.3, 0.4) is 0 Å². The van der Waals surface area contributed by atoms with Crippen molar-refractivity contribution in [3.05, 3.63) is 101 Å². The van der Waals surface area contributed by atoms with Gasteiger partial charge in [-0.3, -0.25) is 14.4 Å². The molecule has 9 nitrogen and oxygen atoms in total. The smallest absolute Gasteiger partial charge is 0.258 e.